The smallest absolute Gasteiger partial charge is 0.139 e. The summed E-state index contributed by atoms with van der Waals surface area (Å²) in [5, 5.41) is 11.0. The fraction of sp³-hybridized carbons (Fsp3) is 0.0435. The highest BCUT2D eigenvalue weighted by Crippen LogP contribution is 2.34. The topological polar surface area (TPSA) is 71.9 Å². The van der Waals surface area contributed by atoms with Gasteiger partial charge in [-0.15, -0.1) is 0 Å². The van der Waals surface area contributed by atoms with Gasteiger partial charge in [0.05, 0.1) is 21.8 Å². The van der Waals surface area contributed by atoms with Gasteiger partial charge in [0.1, 0.15) is 18.4 Å². The Labute approximate surface area is 167 Å². The highest BCUT2D eigenvalue weighted by molar-refractivity contribution is 6.33. The summed E-state index contributed by atoms with van der Waals surface area (Å²) in [6.45, 7) is 0.383. The number of nitrogens with zero attached hydrogens (tertiary/aromatic N) is 2. The maximum Gasteiger partial charge on any atom is 0.139 e. The fourth-order valence-corrected chi connectivity index (χ4v) is 3.24. The van der Waals surface area contributed by atoms with Crippen LogP contribution >= 0.6 is 11.6 Å². The van der Waals surface area contributed by atoms with Crippen LogP contribution in [-0.2, 0) is 6.61 Å². The Bertz CT molecular complexity index is 1200. The van der Waals surface area contributed by atoms with Crippen LogP contribution in [0, 0.1) is 11.3 Å². The zero-order valence-corrected chi connectivity index (χ0v) is 15.6. The molecule has 4 aromatic rings. The van der Waals surface area contributed by atoms with Gasteiger partial charge in [-0.2, -0.15) is 5.26 Å². The molecule has 1 heterocycles. The number of anilines is 1. The molecule has 0 fully saturated rings. The first-order valence-electron chi connectivity index (χ1n) is 8.70. The van der Waals surface area contributed by atoms with Crippen molar-refractivity contribution in [2.45, 2.75) is 6.61 Å². The summed E-state index contributed by atoms with van der Waals surface area (Å²) >= 11 is 6.19. The van der Waals surface area contributed by atoms with E-state index in [1.807, 2.05) is 54.6 Å². The monoisotopic (exact) mass is 385 g/mol. The third-order valence-corrected chi connectivity index (χ3v) is 4.84. The number of benzene rings is 3. The van der Waals surface area contributed by atoms with Gasteiger partial charge >= 0.3 is 0 Å². The van der Waals surface area contributed by atoms with Crippen LogP contribution in [-0.4, -0.2) is 4.98 Å². The van der Waals surface area contributed by atoms with Gasteiger partial charge in [-0.05, 0) is 41.0 Å². The molecule has 5 heteroatoms. The molecule has 0 spiro atoms. The molecule has 0 amide bonds. The molecular weight excluding hydrogens is 370 g/mol. The predicted molar refractivity (Wildman–Crippen MR) is 112 cm³/mol. The first kappa shape index (κ1) is 17.8. The normalized spacial score (nSPS) is 10.6. The van der Waals surface area contributed by atoms with Crippen LogP contribution in [0.15, 0.2) is 72.9 Å². The van der Waals surface area contributed by atoms with Crippen molar-refractivity contribution in [2.24, 2.45) is 0 Å². The van der Waals surface area contributed by atoms with E-state index in [0.29, 0.717) is 28.6 Å². The second-order valence-corrected chi connectivity index (χ2v) is 6.75. The van der Waals surface area contributed by atoms with Crippen LogP contribution in [0.4, 0.5) is 5.69 Å². The van der Waals surface area contributed by atoms with Crippen LogP contribution in [0.3, 0.4) is 0 Å². The van der Waals surface area contributed by atoms with Crippen LogP contribution in [0.2, 0.25) is 5.02 Å². The zero-order valence-electron chi connectivity index (χ0n) is 14.9. The summed E-state index contributed by atoms with van der Waals surface area (Å²) in [7, 11) is 0. The molecule has 136 valence electrons. The van der Waals surface area contributed by atoms with Gasteiger partial charge in [-0.1, -0.05) is 48.0 Å². The second-order valence-electron chi connectivity index (χ2n) is 6.35. The van der Waals surface area contributed by atoms with Crippen molar-refractivity contribution < 1.29 is 4.74 Å². The Hall–Kier alpha value is -3.55. The van der Waals surface area contributed by atoms with Crippen molar-refractivity contribution in [3.63, 3.8) is 0 Å². The van der Waals surface area contributed by atoms with E-state index >= 15 is 0 Å². The minimum Gasteiger partial charge on any atom is -0.487 e. The molecule has 1 aromatic heterocycles. The lowest BCUT2D eigenvalue weighted by atomic mass is 9.99. The van der Waals surface area contributed by atoms with Crippen molar-refractivity contribution in [1.29, 1.82) is 5.26 Å². The van der Waals surface area contributed by atoms with Gasteiger partial charge in [0.25, 0.3) is 0 Å². The standard InChI is InChI=1S/C23H16ClN3O/c24-20-11-16(6-7-21(20)26)18-8-9-27-22-12-23(17(13-25)10-19(18)22)28-14-15-4-2-1-3-5-15/h1-12H,14,26H2. The summed E-state index contributed by atoms with van der Waals surface area (Å²) in [4.78, 5) is 4.45. The Balaban J connectivity index is 1.77. The summed E-state index contributed by atoms with van der Waals surface area (Å²) in [5.74, 6) is 0.513. The SMILES string of the molecule is N#Cc1cc2c(-c3ccc(N)c(Cl)c3)ccnc2cc1OCc1ccccc1. The van der Waals surface area contributed by atoms with Gasteiger partial charge in [0, 0.05) is 17.6 Å². The molecule has 3 aromatic carbocycles. The number of pyridine rings is 1. The zero-order chi connectivity index (χ0) is 19.5. The average Bonchev–Trinajstić information content (AvgIpc) is 2.73. The van der Waals surface area contributed by atoms with Crippen LogP contribution < -0.4 is 10.5 Å². The van der Waals surface area contributed by atoms with E-state index in [-0.39, 0.29) is 0 Å². The number of nitrogen functional groups attached to an aromatic ring is 1. The van der Waals surface area contributed by atoms with E-state index in [1.165, 1.54) is 0 Å². The minimum atomic E-state index is 0.383. The fourth-order valence-electron chi connectivity index (χ4n) is 3.06. The first-order chi connectivity index (χ1) is 13.7. The molecule has 0 bridgehead atoms. The van der Waals surface area contributed by atoms with Crippen molar-refractivity contribution in [3.8, 4) is 22.9 Å². The number of rotatable bonds is 4. The second kappa shape index (κ2) is 7.59. The predicted octanol–water partition coefficient (Wildman–Crippen LogP) is 5.59. The number of nitrogens with two attached hydrogens (primary N) is 1. The molecule has 0 aliphatic rings. The van der Waals surface area contributed by atoms with Crippen molar-refractivity contribution in [2.75, 3.05) is 5.73 Å². The van der Waals surface area contributed by atoms with E-state index in [0.717, 1.165) is 27.6 Å². The Morgan fingerprint density at radius 3 is 2.61 bits per heavy atom. The molecular formula is C23H16ClN3O. The first-order valence-corrected chi connectivity index (χ1v) is 9.08. The van der Waals surface area contributed by atoms with Crippen LogP contribution in [0.1, 0.15) is 11.1 Å². The van der Waals surface area contributed by atoms with Gasteiger partial charge in [-0.3, -0.25) is 4.98 Å². The number of halogens is 1. The molecule has 0 saturated carbocycles. The van der Waals surface area contributed by atoms with Gasteiger partial charge in [0.15, 0.2) is 0 Å². The van der Waals surface area contributed by atoms with Gasteiger partial charge in [-0.25, -0.2) is 0 Å². The van der Waals surface area contributed by atoms with E-state index in [4.69, 9.17) is 22.1 Å². The van der Waals surface area contributed by atoms with E-state index < -0.39 is 0 Å². The summed E-state index contributed by atoms with van der Waals surface area (Å²) < 4.78 is 5.90. The summed E-state index contributed by atoms with van der Waals surface area (Å²) in [5.41, 5.74) is 10.4. The third kappa shape index (κ3) is 3.48. The van der Waals surface area contributed by atoms with Crippen LogP contribution in [0.25, 0.3) is 22.0 Å². The summed E-state index contributed by atoms with van der Waals surface area (Å²) in [6.07, 6.45) is 1.73. The Morgan fingerprint density at radius 1 is 1.04 bits per heavy atom. The van der Waals surface area contributed by atoms with Crippen molar-refractivity contribution in [1.82, 2.24) is 4.98 Å². The van der Waals surface area contributed by atoms with E-state index in [1.54, 1.807) is 18.3 Å². The summed E-state index contributed by atoms with van der Waals surface area (Å²) in [6, 6.07) is 23.1. The Morgan fingerprint density at radius 2 is 1.86 bits per heavy atom. The minimum absolute atomic E-state index is 0.383. The molecule has 0 aliphatic carbocycles. The lowest BCUT2D eigenvalue weighted by Crippen LogP contribution is -1.98. The van der Waals surface area contributed by atoms with Crippen molar-refractivity contribution >= 4 is 28.2 Å². The lowest BCUT2D eigenvalue weighted by Gasteiger charge is -2.12. The highest BCUT2D eigenvalue weighted by Gasteiger charge is 2.12. The van der Waals surface area contributed by atoms with E-state index in [2.05, 4.69) is 11.1 Å². The molecule has 0 aliphatic heterocycles. The molecule has 0 radical (unpaired) electrons. The maximum absolute atomic E-state index is 9.63. The number of ether oxygens (including phenoxy) is 1. The Kier molecular flexibility index (Phi) is 4.84. The number of hydrogen-bond acceptors (Lipinski definition) is 4. The van der Waals surface area contributed by atoms with Gasteiger partial charge in [0.2, 0.25) is 0 Å². The molecule has 4 nitrogen and oxygen atoms in total. The lowest BCUT2D eigenvalue weighted by molar-refractivity contribution is 0.305. The van der Waals surface area contributed by atoms with Crippen LogP contribution in [0.5, 0.6) is 5.75 Å². The number of nitriles is 1. The maximum atomic E-state index is 9.63. The molecule has 4 rings (SSSR count). The average molecular weight is 386 g/mol. The highest BCUT2D eigenvalue weighted by atomic mass is 35.5. The molecule has 0 saturated heterocycles. The number of fused-ring (bicyclic) bond motifs is 1. The van der Waals surface area contributed by atoms with E-state index in [9.17, 15) is 5.26 Å². The quantitative estimate of drug-likeness (QED) is 0.465. The molecule has 2 N–H and O–H groups in total. The molecule has 28 heavy (non-hydrogen) atoms. The third-order valence-electron chi connectivity index (χ3n) is 4.51. The van der Waals surface area contributed by atoms with Gasteiger partial charge < -0.3 is 10.5 Å². The molecule has 0 unspecified atom stereocenters. The largest absolute Gasteiger partial charge is 0.487 e. The molecule has 0 atom stereocenters. The number of aromatic nitrogens is 1. The number of hydrogen-bond donors (Lipinski definition) is 1. The van der Waals surface area contributed by atoms with Crippen molar-refractivity contribution in [3.05, 3.63) is 89.1 Å².